The zero-order valence-electron chi connectivity index (χ0n) is 24.6. The van der Waals surface area contributed by atoms with Gasteiger partial charge in [0.2, 0.25) is 0 Å². The van der Waals surface area contributed by atoms with Gasteiger partial charge in [0.1, 0.15) is 0 Å². The second-order valence-corrected chi connectivity index (χ2v) is 10.4. The number of nitrogens with one attached hydrogen (secondary N) is 2. The van der Waals surface area contributed by atoms with Crippen LogP contribution in [0.2, 0.25) is 0 Å². The molecule has 0 saturated carbocycles. The quantitative estimate of drug-likeness (QED) is 0.0709. The zero-order valence-corrected chi connectivity index (χ0v) is 24.6. The molecule has 0 unspecified atom stereocenters. The van der Waals surface area contributed by atoms with Crippen molar-refractivity contribution in [3.05, 3.63) is 0 Å². The van der Waals surface area contributed by atoms with Crippen molar-refractivity contribution in [3.8, 4) is 0 Å². The van der Waals surface area contributed by atoms with Crippen molar-refractivity contribution in [2.45, 2.75) is 129 Å². The molecule has 0 radical (unpaired) electrons. The number of ether oxygens (including phenoxy) is 2. The summed E-state index contributed by atoms with van der Waals surface area (Å²) in [6, 6.07) is 0. The summed E-state index contributed by atoms with van der Waals surface area (Å²) in [5, 5.41) is 6.81. The molecule has 0 aliphatic carbocycles. The number of hydrogen-bond donors (Lipinski definition) is 3. The van der Waals surface area contributed by atoms with Crippen LogP contribution in [0.3, 0.4) is 0 Å². The summed E-state index contributed by atoms with van der Waals surface area (Å²) in [5.41, 5.74) is 5.80. The maximum atomic E-state index is 5.80. The highest BCUT2D eigenvalue weighted by Gasteiger charge is 2.03. The van der Waals surface area contributed by atoms with Gasteiger partial charge in [0.25, 0.3) is 0 Å². The van der Waals surface area contributed by atoms with Crippen LogP contribution in [0.1, 0.15) is 129 Å². The second-order valence-electron chi connectivity index (χ2n) is 10.4. The highest BCUT2D eigenvalue weighted by Crippen LogP contribution is 2.10. The first kappa shape index (κ1) is 35.8. The molecule has 0 fully saturated rings. The fourth-order valence-electron chi connectivity index (χ4n) is 4.45. The van der Waals surface area contributed by atoms with Crippen LogP contribution < -0.4 is 16.4 Å². The van der Waals surface area contributed by atoms with Crippen LogP contribution in [-0.4, -0.2) is 70.8 Å². The number of unbranched alkanes of at least 4 members (excludes halogenated alkanes) is 16. The van der Waals surface area contributed by atoms with E-state index in [1.54, 1.807) is 0 Å². The molecule has 36 heavy (non-hydrogen) atoms. The van der Waals surface area contributed by atoms with Gasteiger partial charge in [0.05, 0.1) is 13.5 Å². The lowest BCUT2D eigenvalue weighted by Crippen LogP contribution is -2.40. The summed E-state index contributed by atoms with van der Waals surface area (Å²) >= 11 is 0. The lowest BCUT2D eigenvalue weighted by atomic mass is 10.1. The van der Waals surface area contributed by atoms with E-state index in [2.05, 4.69) is 29.4 Å². The Morgan fingerprint density at radius 1 is 0.500 bits per heavy atom. The Morgan fingerprint density at radius 3 is 1.22 bits per heavy atom. The maximum absolute atomic E-state index is 5.80. The minimum atomic E-state index is 0.651. The molecular formula is C30H66N4O2. The third-order valence-corrected chi connectivity index (χ3v) is 6.85. The molecule has 0 heterocycles. The molecule has 0 spiro atoms. The molecule has 218 valence electrons. The van der Waals surface area contributed by atoms with Gasteiger partial charge in [-0.3, -0.25) is 15.5 Å². The van der Waals surface area contributed by atoms with Gasteiger partial charge in [-0.05, 0) is 12.8 Å². The van der Waals surface area contributed by atoms with E-state index in [0.29, 0.717) is 20.0 Å². The van der Waals surface area contributed by atoms with E-state index in [1.807, 2.05) is 0 Å². The molecule has 0 rings (SSSR count). The van der Waals surface area contributed by atoms with Gasteiger partial charge in [-0.1, -0.05) is 117 Å². The van der Waals surface area contributed by atoms with Gasteiger partial charge in [0.15, 0.2) is 0 Å². The van der Waals surface area contributed by atoms with Crippen LogP contribution in [0.15, 0.2) is 0 Å². The number of nitrogens with zero attached hydrogens (tertiary/aromatic N) is 1. The number of hydrogen-bond acceptors (Lipinski definition) is 6. The molecule has 0 aromatic rings. The molecule has 0 aromatic heterocycles. The largest absolute Gasteiger partial charge is 0.366 e. The summed E-state index contributed by atoms with van der Waals surface area (Å²) in [6.45, 7) is 13.1. The molecule has 0 aromatic carbocycles. The summed E-state index contributed by atoms with van der Waals surface area (Å²) in [6.07, 6.45) is 24.4. The van der Waals surface area contributed by atoms with E-state index >= 15 is 0 Å². The van der Waals surface area contributed by atoms with Gasteiger partial charge < -0.3 is 15.2 Å². The monoisotopic (exact) mass is 515 g/mol. The van der Waals surface area contributed by atoms with Crippen LogP contribution in [-0.2, 0) is 9.47 Å². The smallest absolute Gasteiger partial charge is 0.0965 e. The van der Waals surface area contributed by atoms with Crippen molar-refractivity contribution < 1.29 is 9.47 Å². The van der Waals surface area contributed by atoms with Crippen LogP contribution >= 0.6 is 0 Å². The topological polar surface area (TPSA) is 71.8 Å². The lowest BCUT2D eigenvalue weighted by Gasteiger charge is -2.22. The molecule has 0 amide bonds. The van der Waals surface area contributed by atoms with E-state index < -0.39 is 0 Å². The molecule has 6 nitrogen and oxygen atoms in total. The summed E-state index contributed by atoms with van der Waals surface area (Å²) < 4.78 is 11.5. The Morgan fingerprint density at radius 2 is 0.861 bits per heavy atom. The van der Waals surface area contributed by atoms with Crippen LogP contribution in [0, 0.1) is 0 Å². The molecule has 0 atom stereocenters. The standard InChI is InChI=1S/C30H66N4O2/c1-3-5-7-9-11-13-15-17-19-27-35-29-32-22-25-34(24-21-31)26-23-33-30-36-28-20-18-16-14-12-10-8-6-4-2/h32-33H,3-31H2,1-2H3. The second kappa shape index (κ2) is 32.8. The minimum Gasteiger partial charge on any atom is -0.366 e. The van der Waals surface area contributed by atoms with Gasteiger partial charge in [0, 0.05) is 52.5 Å². The fraction of sp³-hybridized carbons (Fsp3) is 1.00. The Kier molecular flexibility index (Phi) is 32.6. The van der Waals surface area contributed by atoms with E-state index in [-0.39, 0.29) is 0 Å². The van der Waals surface area contributed by atoms with Crippen molar-refractivity contribution in [2.24, 2.45) is 5.73 Å². The van der Waals surface area contributed by atoms with Crippen molar-refractivity contribution >= 4 is 0 Å². The van der Waals surface area contributed by atoms with Crippen molar-refractivity contribution in [3.63, 3.8) is 0 Å². The first-order chi connectivity index (χ1) is 17.8. The van der Waals surface area contributed by atoms with Crippen LogP contribution in [0.4, 0.5) is 0 Å². The van der Waals surface area contributed by atoms with Crippen molar-refractivity contribution in [1.82, 2.24) is 15.5 Å². The highest BCUT2D eigenvalue weighted by atomic mass is 16.5. The fourth-order valence-corrected chi connectivity index (χ4v) is 4.45. The Labute approximate surface area is 226 Å². The molecule has 6 heteroatoms. The Hall–Kier alpha value is -0.240. The summed E-state index contributed by atoms with van der Waals surface area (Å²) in [5.74, 6) is 0. The van der Waals surface area contributed by atoms with E-state index in [0.717, 1.165) is 45.9 Å². The maximum Gasteiger partial charge on any atom is 0.0965 e. The Bertz CT molecular complexity index is 356. The Balaban J connectivity index is 3.37. The first-order valence-corrected chi connectivity index (χ1v) is 15.8. The third-order valence-electron chi connectivity index (χ3n) is 6.85. The van der Waals surface area contributed by atoms with Crippen molar-refractivity contribution in [2.75, 3.05) is 65.9 Å². The van der Waals surface area contributed by atoms with Crippen LogP contribution in [0.25, 0.3) is 0 Å². The molecule has 0 bridgehead atoms. The highest BCUT2D eigenvalue weighted by molar-refractivity contribution is 4.61. The first-order valence-electron chi connectivity index (χ1n) is 15.8. The SMILES string of the molecule is CCCCCCCCCCCOCNCCN(CCN)CCNCOCCCCCCCCCCC. The van der Waals surface area contributed by atoms with E-state index in [4.69, 9.17) is 15.2 Å². The average Bonchev–Trinajstić information content (AvgIpc) is 2.89. The van der Waals surface area contributed by atoms with E-state index in [9.17, 15) is 0 Å². The predicted molar refractivity (Wildman–Crippen MR) is 158 cm³/mol. The van der Waals surface area contributed by atoms with Crippen molar-refractivity contribution in [1.29, 1.82) is 0 Å². The minimum absolute atomic E-state index is 0.651. The molecule has 4 N–H and O–H groups in total. The van der Waals surface area contributed by atoms with Gasteiger partial charge >= 0.3 is 0 Å². The molecule has 0 aliphatic heterocycles. The van der Waals surface area contributed by atoms with Gasteiger partial charge in [-0.15, -0.1) is 0 Å². The van der Waals surface area contributed by atoms with Gasteiger partial charge in [-0.25, -0.2) is 0 Å². The normalized spacial score (nSPS) is 11.7. The van der Waals surface area contributed by atoms with Crippen LogP contribution in [0.5, 0.6) is 0 Å². The summed E-state index contributed by atoms with van der Waals surface area (Å²) in [7, 11) is 0. The number of rotatable bonds is 32. The molecule has 0 aliphatic rings. The molecule has 0 saturated heterocycles. The predicted octanol–water partition coefficient (Wildman–Crippen LogP) is 6.44. The number of nitrogens with two attached hydrogens (primary N) is 1. The van der Waals surface area contributed by atoms with Gasteiger partial charge in [-0.2, -0.15) is 0 Å². The van der Waals surface area contributed by atoms with E-state index in [1.165, 1.54) is 116 Å². The third kappa shape index (κ3) is 30.0. The average molecular weight is 515 g/mol. The lowest BCUT2D eigenvalue weighted by molar-refractivity contribution is 0.106. The zero-order chi connectivity index (χ0) is 26.2. The molecular weight excluding hydrogens is 448 g/mol. The summed E-state index contributed by atoms with van der Waals surface area (Å²) in [4.78, 5) is 2.40.